The first-order chi connectivity index (χ1) is 12.0. The molecular formula is C18H17N3O4. The van der Waals surface area contributed by atoms with Crippen LogP contribution in [0.5, 0.6) is 17.2 Å². The molecule has 1 N–H and O–H groups in total. The van der Waals surface area contributed by atoms with E-state index < -0.39 is 0 Å². The number of hydrogen-bond donors (Lipinski definition) is 1. The number of aromatic hydroxyl groups is 1. The van der Waals surface area contributed by atoms with Gasteiger partial charge in [0.25, 0.3) is 5.56 Å². The van der Waals surface area contributed by atoms with Crippen LogP contribution >= 0.6 is 0 Å². The molecule has 25 heavy (non-hydrogen) atoms. The van der Waals surface area contributed by atoms with Crippen molar-refractivity contribution >= 4 is 17.1 Å². The molecule has 0 saturated heterocycles. The van der Waals surface area contributed by atoms with E-state index in [0.717, 1.165) is 5.56 Å². The molecule has 7 heteroatoms. The number of fused-ring (bicyclic) bond motifs is 1. The van der Waals surface area contributed by atoms with E-state index in [2.05, 4.69) is 10.1 Å². The van der Waals surface area contributed by atoms with Gasteiger partial charge in [-0.2, -0.15) is 9.78 Å². The molecular weight excluding hydrogens is 322 g/mol. The predicted molar refractivity (Wildman–Crippen MR) is 94.9 cm³/mol. The summed E-state index contributed by atoms with van der Waals surface area (Å²) in [4.78, 5) is 17.2. The van der Waals surface area contributed by atoms with Crippen LogP contribution in [0.4, 0.5) is 0 Å². The fourth-order valence-electron chi connectivity index (χ4n) is 2.44. The molecule has 0 saturated carbocycles. The quantitative estimate of drug-likeness (QED) is 0.737. The Morgan fingerprint density at radius 3 is 2.40 bits per heavy atom. The number of phenolic OH excluding ortho intramolecular Hbond substituents is 1. The Bertz CT molecular complexity index is 1010. The van der Waals surface area contributed by atoms with Crippen molar-refractivity contribution in [2.24, 2.45) is 5.10 Å². The van der Waals surface area contributed by atoms with E-state index >= 15 is 0 Å². The first-order valence-electron chi connectivity index (χ1n) is 7.52. The molecule has 0 atom stereocenters. The molecule has 3 rings (SSSR count). The monoisotopic (exact) mass is 339 g/mol. The minimum Gasteiger partial charge on any atom is -0.508 e. The first-order valence-corrected chi connectivity index (χ1v) is 7.52. The van der Waals surface area contributed by atoms with E-state index in [-0.39, 0.29) is 11.3 Å². The molecule has 0 spiro atoms. The molecule has 1 heterocycles. The van der Waals surface area contributed by atoms with Gasteiger partial charge in [0.05, 0.1) is 31.3 Å². The molecule has 2 aromatic carbocycles. The molecule has 0 fully saturated rings. The van der Waals surface area contributed by atoms with Gasteiger partial charge in [-0.3, -0.25) is 4.79 Å². The number of rotatable bonds is 4. The van der Waals surface area contributed by atoms with Gasteiger partial charge in [-0.15, -0.1) is 0 Å². The van der Waals surface area contributed by atoms with Crippen LogP contribution in [0.1, 0.15) is 11.4 Å². The van der Waals surface area contributed by atoms with Crippen LogP contribution in [0.15, 0.2) is 46.3 Å². The van der Waals surface area contributed by atoms with Gasteiger partial charge in [0.15, 0.2) is 11.5 Å². The standard InChI is InChI=1S/C18H17N3O4/c1-11-20-15-9-17(25-3)16(24-2)8-14(15)18(23)21(11)19-10-12-4-6-13(22)7-5-12/h4-10,22H,1-3H3/b19-10+. The minimum atomic E-state index is -0.307. The average molecular weight is 339 g/mol. The molecule has 0 aliphatic rings. The molecule has 3 aromatic rings. The SMILES string of the molecule is COc1cc2nc(C)n(/N=C/c3ccc(O)cc3)c(=O)c2cc1OC. The summed E-state index contributed by atoms with van der Waals surface area (Å²) < 4.78 is 11.7. The van der Waals surface area contributed by atoms with E-state index in [0.29, 0.717) is 28.2 Å². The van der Waals surface area contributed by atoms with E-state index in [1.165, 1.54) is 25.1 Å². The Hall–Kier alpha value is -3.35. The van der Waals surface area contributed by atoms with Gasteiger partial charge in [0.2, 0.25) is 0 Å². The second-order valence-corrected chi connectivity index (χ2v) is 5.34. The van der Waals surface area contributed by atoms with E-state index in [1.807, 2.05) is 0 Å². The average Bonchev–Trinajstić information content (AvgIpc) is 2.62. The van der Waals surface area contributed by atoms with Crippen molar-refractivity contribution < 1.29 is 14.6 Å². The van der Waals surface area contributed by atoms with Crippen LogP contribution < -0.4 is 15.0 Å². The summed E-state index contributed by atoms with van der Waals surface area (Å²) in [5.41, 5.74) is 0.950. The lowest BCUT2D eigenvalue weighted by atomic mass is 10.2. The number of aryl methyl sites for hydroxylation is 1. The Kier molecular flexibility index (Phi) is 4.38. The number of nitrogens with zero attached hydrogens (tertiary/aromatic N) is 3. The summed E-state index contributed by atoms with van der Waals surface area (Å²) in [6.45, 7) is 1.70. The highest BCUT2D eigenvalue weighted by atomic mass is 16.5. The van der Waals surface area contributed by atoms with Crippen LogP contribution in [-0.4, -0.2) is 35.2 Å². The number of methoxy groups -OCH3 is 2. The highest BCUT2D eigenvalue weighted by Crippen LogP contribution is 2.30. The fourth-order valence-corrected chi connectivity index (χ4v) is 2.44. The molecule has 0 bridgehead atoms. The van der Waals surface area contributed by atoms with E-state index in [4.69, 9.17) is 9.47 Å². The van der Waals surface area contributed by atoms with Crippen molar-refractivity contribution in [3.8, 4) is 17.2 Å². The van der Waals surface area contributed by atoms with Gasteiger partial charge in [0.1, 0.15) is 11.6 Å². The molecule has 0 aliphatic heterocycles. The van der Waals surface area contributed by atoms with Crippen molar-refractivity contribution in [2.45, 2.75) is 6.92 Å². The van der Waals surface area contributed by atoms with Crippen LogP contribution in [0.3, 0.4) is 0 Å². The molecule has 7 nitrogen and oxygen atoms in total. The first kappa shape index (κ1) is 16.5. The third-order valence-corrected chi connectivity index (χ3v) is 3.73. The Labute approximate surface area is 143 Å². The lowest BCUT2D eigenvalue weighted by molar-refractivity contribution is 0.355. The van der Waals surface area contributed by atoms with Gasteiger partial charge < -0.3 is 14.6 Å². The molecule has 0 amide bonds. The zero-order chi connectivity index (χ0) is 18.0. The predicted octanol–water partition coefficient (Wildman–Crippen LogP) is 2.31. The Morgan fingerprint density at radius 1 is 1.12 bits per heavy atom. The Balaban J connectivity index is 2.12. The van der Waals surface area contributed by atoms with Gasteiger partial charge in [-0.25, -0.2) is 4.98 Å². The van der Waals surface area contributed by atoms with Crippen molar-refractivity contribution in [3.05, 3.63) is 58.1 Å². The van der Waals surface area contributed by atoms with Crippen LogP contribution in [0.2, 0.25) is 0 Å². The van der Waals surface area contributed by atoms with Gasteiger partial charge in [0, 0.05) is 6.07 Å². The van der Waals surface area contributed by atoms with Crippen LogP contribution in [-0.2, 0) is 0 Å². The number of phenols is 1. The maximum absolute atomic E-state index is 12.8. The second-order valence-electron chi connectivity index (χ2n) is 5.34. The zero-order valence-corrected chi connectivity index (χ0v) is 14.1. The number of ether oxygens (including phenoxy) is 2. The zero-order valence-electron chi connectivity index (χ0n) is 14.1. The van der Waals surface area contributed by atoms with Crippen molar-refractivity contribution in [1.82, 2.24) is 9.66 Å². The molecule has 128 valence electrons. The number of benzene rings is 2. The number of hydrogen-bond acceptors (Lipinski definition) is 6. The lowest BCUT2D eigenvalue weighted by Crippen LogP contribution is -2.20. The summed E-state index contributed by atoms with van der Waals surface area (Å²) >= 11 is 0. The fraction of sp³-hybridized carbons (Fsp3) is 0.167. The Morgan fingerprint density at radius 2 is 1.76 bits per heavy atom. The summed E-state index contributed by atoms with van der Waals surface area (Å²) in [5, 5.41) is 13.9. The minimum absolute atomic E-state index is 0.166. The molecule has 0 aliphatic carbocycles. The van der Waals surface area contributed by atoms with E-state index in [9.17, 15) is 9.90 Å². The summed E-state index contributed by atoms with van der Waals surface area (Å²) in [7, 11) is 3.03. The highest BCUT2D eigenvalue weighted by Gasteiger charge is 2.12. The molecule has 1 aromatic heterocycles. The summed E-state index contributed by atoms with van der Waals surface area (Å²) in [6.07, 6.45) is 1.53. The summed E-state index contributed by atoms with van der Waals surface area (Å²) in [6, 6.07) is 9.74. The van der Waals surface area contributed by atoms with E-state index in [1.54, 1.807) is 43.3 Å². The summed E-state index contributed by atoms with van der Waals surface area (Å²) in [5.74, 6) is 1.57. The molecule has 0 radical (unpaired) electrons. The molecule has 0 unspecified atom stereocenters. The lowest BCUT2D eigenvalue weighted by Gasteiger charge is -2.10. The smallest absolute Gasteiger partial charge is 0.282 e. The maximum Gasteiger partial charge on any atom is 0.282 e. The normalized spacial score (nSPS) is 11.2. The van der Waals surface area contributed by atoms with Crippen LogP contribution in [0.25, 0.3) is 10.9 Å². The number of aromatic nitrogens is 2. The van der Waals surface area contributed by atoms with Crippen LogP contribution in [0, 0.1) is 6.92 Å². The second kappa shape index (κ2) is 6.64. The van der Waals surface area contributed by atoms with Gasteiger partial charge in [-0.1, -0.05) is 0 Å². The highest BCUT2D eigenvalue weighted by molar-refractivity contribution is 5.82. The largest absolute Gasteiger partial charge is 0.508 e. The topological polar surface area (TPSA) is 85.9 Å². The third kappa shape index (κ3) is 3.16. The van der Waals surface area contributed by atoms with Crippen molar-refractivity contribution in [3.63, 3.8) is 0 Å². The van der Waals surface area contributed by atoms with Gasteiger partial charge >= 0.3 is 0 Å². The van der Waals surface area contributed by atoms with Gasteiger partial charge in [-0.05, 0) is 42.8 Å². The van der Waals surface area contributed by atoms with Crippen molar-refractivity contribution in [2.75, 3.05) is 14.2 Å². The van der Waals surface area contributed by atoms with Crippen molar-refractivity contribution in [1.29, 1.82) is 0 Å². The third-order valence-electron chi connectivity index (χ3n) is 3.73. The maximum atomic E-state index is 12.8.